The van der Waals surface area contributed by atoms with Gasteiger partial charge < -0.3 is 20.9 Å². The maximum atomic E-state index is 13.6. The third-order valence-corrected chi connectivity index (χ3v) is 5.79. The largest absolute Gasteiger partial charge is 0.423 e. The van der Waals surface area contributed by atoms with Crippen molar-refractivity contribution in [3.63, 3.8) is 0 Å². The van der Waals surface area contributed by atoms with E-state index in [0.717, 1.165) is 21.9 Å². The molecule has 0 unspecified atom stereocenters. The molecule has 35 heavy (non-hydrogen) atoms. The van der Waals surface area contributed by atoms with Crippen LogP contribution in [-0.2, 0) is 0 Å². The highest BCUT2D eigenvalue weighted by atomic mass is 32.2. The van der Waals surface area contributed by atoms with Gasteiger partial charge in [-0.2, -0.15) is 0 Å². The number of benzene rings is 4. The standard InChI is InChI=1S/C26H18F2N2O4S/c27-21-13-15(1-11-23(21)29)25(31)33-17-3-7-19(8-4-17)35-20-9-5-18(6-10-20)34-26(32)16-2-12-24(30)22(28)14-16/h1-14H,29-30H2. The van der Waals surface area contributed by atoms with E-state index in [4.69, 9.17) is 20.9 Å². The summed E-state index contributed by atoms with van der Waals surface area (Å²) in [7, 11) is 0. The number of hydrogen-bond acceptors (Lipinski definition) is 7. The highest BCUT2D eigenvalue weighted by Crippen LogP contribution is 2.30. The van der Waals surface area contributed by atoms with E-state index >= 15 is 0 Å². The topological polar surface area (TPSA) is 105 Å². The second-order valence-electron chi connectivity index (χ2n) is 7.30. The van der Waals surface area contributed by atoms with Gasteiger partial charge in [0.1, 0.15) is 23.1 Å². The van der Waals surface area contributed by atoms with Crippen LogP contribution in [0.15, 0.2) is 94.7 Å². The third kappa shape index (κ3) is 5.96. The number of rotatable bonds is 6. The Labute approximate surface area is 203 Å². The Morgan fingerprint density at radius 2 is 0.971 bits per heavy atom. The summed E-state index contributed by atoms with van der Waals surface area (Å²) in [6.07, 6.45) is 0. The summed E-state index contributed by atoms with van der Waals surface area (Å²) in [6.45, 7) is 0. The van der Waals surface area contributed by atoms with Gasteiger partial charge in [-0.05, 0) is 84.9 Å². The SMILES string of the molecule is Nc1ccc(C(=O)Oc2ccc(Sc3ccc(OC(=O)c4ccc(N)c(F)c4)cc3)cc2)cc1F. The number of anilines is 2. The van der Waals surface area contributed by atoms with Gasteiger partial charge in [0, 0.05) is 9.79 Å². The van der Waals surface area contributed by atoms with Gasteiger partial charge in [-0.25, -0.2) is 18.4 Å². The van der Waals surface area contributed by atoms with Crippen molar-refractivity contribution in [2.24, 2.45) is 0 Å². The van der Waals surface area contributed by atoms with Gasteiger partial charge in [0.25, 0.3) is 0 Å². The molecule has 0 saturated carbocycles. The van der Waals surface area contributed by atoms with Crippen LogP contribution in [0, 0.1) is 11.6 Å². The monoisotopic (exact) mass is 492 g/mol. The fourth-order valence-electron chi connectivity index (χ4n) is 2.93. The van der Waals surface area contributed by atoms with E-state index in [1.807, 2.05) is 0 Å². The number of carbonyl (C=O) groups excluding carboxylic acids is 2. The van der Waals surface area contributed by atoms with Gasteiger partial charge >= 0.3 is 11.9 Å². The molecule has 9 heteroatoms. The van der Waals surface area contributed by atoms with E-state index in [0.29, 0.717) is 11.5 Å². The van der Waals surface area contributed by atoms with E-state index in [1.165, 1.54) is 36.0 Å². The minimum Gasteiger partial charge on any atom is -0.423 e. The van der Waals surface area contributed by atoms with Gasteiger partial charge in [-0.15, -0.1) is 0 Å². The zero-order valence-corrected chi connectivity index (χ0v) is 18.9. The molecule has 0 saturated heterocycles. The number of nitrogens with two attached hydrogens (primary N) is 2. The predicted molar refractivity (Wildman–Crippen MR) is 129 cm³/mol. The summed E-state index contributed by atoms with van der Waals surface area (Å²) in [5.74, 6) is -2.17. The number of nitrogen functional groups attached to an aromatic ring is 2. The highest BCUT2D eigenvalue weighted by molar-refractivity contribution is 7.99. The molecular formula is C26H18F2N2O4S. The molecule has 0 atom stereocenters. The Kier molecular flexibility index (Phi) is 6.98. The van der Waals surface area contributed by atoms with Crippen LogP contribution in [0.25, 0.3) is 0 Å². The maximum absolute atomic E-state index is 13.6. The maximum Gasteiger partial charge on any atom is 0.343 e. The molecule has 0 aliphatic carbocycles. The fourth-order valence-corrected chi connectivity index (χ4v) is 3.74. The van der Waals surface area contributed by atoms with Gasteiger partial charge in [0.15, 0.2) is 0 Å². The van der Waals surface area contributed by atoms with E-state index in [9.17, 15) is 18.4 Å². The van der Waals surface area contributed by atoms with Gasteiger partial charge in [0.05, 0.1) is 22.5 Å². The average molecular weight is 493 g/mol. The van der Waals surface area contributed by atoms with Crippen molar-refractivity contribution in [3.05, 3.63) is 108 Å². The lowest BCUT2D eigenvalue weighted by atomic mass is 10.2. The summed E-state index contributed by atoms with van der Waals surface area (Å²) < 4.78 is 37.6. The number of halogens is 2. The molecule has 0 aromatic heterocycles. The number of esters is 2. The molecule has 176 valence electrons. The average Bonchev–Trinajstić information content (AvgIpc) is 2.85. The molecule has 4 aromatic carbocycles. The first-order chi connectivity index (χ1) is 16.8. The van der Waals surface area contributed by atoms with Gasteiger partial charge in [-0.3, -0.25) is 0 Å². The zero-order valence-electron chi connectivity index (χ0n) is 18.0. The first kappa shape index (κ1) is 23.8. The molecule has 0 fully saturated rings. The minimum atomic E-state index is -0.698. The Morgan fingerprint density at radius 1 is 0.600 bits per heavy atom. The van der Waals surface area contributed by atoms with Gasteiger partial charge in [-0.1, -0.05) is 11.8 Å². The van der Waals surface area contributed by atoms with Crippen molar-refractivity contribution in [2.75, 3.05) is 11.5 Å². The lowest BCUT2D eigenvalue weighted by Gasteiger charge is -2.08. The molecule has 0 aliphatic rings. The Morgan fingerprint density at radius 3 is 1.31 bits per heavy atom. The fraction of sp³-hybridized carbons (Fsp3) is 0. The molecule has 4 N–H and O–H groups in total. The normalized spacial score (nSPS) is 10.6. The Bertz CT molecular complexity index is 1290. The Balaban J connectivity index is 1.34. The quantitative estimate of drug-likeness (QED) is 0.202. The van der Waals surface area contributed by atoms with Crippen molar-refractivity contribution in [3.8, 4) is 11.5 Å². The van der Waals surface area contributed by atoms with Crippen molar-refractivity contribution in [2.45, 2.75) is 9.79 Å². The van der Waals surface area contributed by atoms with Gasteiger partial charge in [0.2, 0.25) is 0 Å². The summed E-state index contributed by atoms with van der Waals surface area (Å²) >= 11 is 1.43. The second-order valence-corrected chi connectivity index (χ2v) is 8.44. The van der Waals surface area contributed by atoms with Crippen LogP contribution in [0.3, 0.4) is 0 Å². The van der Waals surface area contributed by atoms with E-state index < -0.39 is 23.6 Å². The molecule has 0 radical (unpaired) electrons. The number of carbonyl (C=O) groups is 2. The summed E-state index contributed by atoms with van der Waals surface area (Å²) in [6, 6.07) is 21.0. The van der Waals surface area contributed by atoms with Crippen molar-refractivity contribution >= 4 is 35.1 Å². The van der Waals surface area contributed by atoms with Crippen molar-refractivity contribution in [1.82, 2.24) is 0 Å². The molecular weight excluding hydrogens is 474 g/mol. The first-order valence-electron chi connectivity index (χ1n) is 10.2. The van der Waals surface area contributed by atoms with Crippen molar-refractivity contribution in [1.29, 1.82) is 0 Å². The molecule has 4 aromatic rings. The van der Waals surface area contributed by atoms with Crippen LogP contribution in [0.1, 0.15) is 20.7 Å². The number of ether oxygens (including phenoxy) is 2. The molecule has 0 spiro atoms. The first-order valence-corrected chi connectivity index (χ1v) is 11.0. The molecule has 4 rings (SSSR count). The molecule has 6 nitrogen and oxygen atoms in total. The smallest absolute Gasteiger partial charge is 0.343 e. The van der Waals surface area contributed by atoms with Crippen LogP contribution in [-0.4, -0.2) is 11.9 Å². The van der Waals surface area contributed by atoms with Crippen LogP contribution < -0.4 is 20.9 Å². The second kappa shape index (κ2) is 10.3. The van der Waals surface area contributed by atoms with Crippen molar-refractivity contribution < 1.29 is 27.8 Å². The minimum absolute atomic E-state index is 0.0497. The highest BCUT2D eigenvalue weighted by Gasteiger charge is 2.13. The predicted octanol–water partition coefficient (Wildman–Crippen LogP) is 5.72. The third-order valence-electron chi connectivity index (χ3n) is 4.78. The molecule has 0 aliphatic heterocycles. The van der Waals surface area contributed by atoms with Crippen LogP contribution >= 0.6 is 11.8 Å². The summed E-state index contributed by atoms with van der Waals surface area (Å²) in [5.41, 5.74) is 10.8. The molecule has 0 bridgehead atoms. The van der Waals surface area contributed by atoms with Crippen LogP contribution in [0.2, 0.25) is 0 Å². The summed E-state index contributed by atoms with van der Waals surface area (Å²) in [4.78, 5) is 26.1. The summed E-state index contributed by atoms with van der Waals surface area (Å²) in [5, 5.41) is 0. The van der Waals surface area contributed by atoms with E-state index in [-0.39, 0.29) is 22.5 Å². The van der Waals surface area contributed by atoms with E-state index in [2.05, 4.69) is 0 Å². The van der Waals surface area contributed by atoms with E-state index in [1.54, 1.807) is 48.5 Å². The van der Waals surface area contributed by atoms with Crippen LogP contribution in [0.5, 0.6) is 11.5 Å². The van der Waals surface area contributed by atoms with Crippen LogP contribution in [0.4, 0.5) is 20.2 Å². The number of hydrogen-bond donors (Lipinski definition) is 2. The molecule has 0 heterocycles. The Hall–Kier alpha value is -4.37. The lowest BCUT2D eigenvalue weighted by Crippen LogP contribution is -2.09. The molecule has 0 amide bonds. The lowest BCUT2D eigenvalue weighted by molar-refractivity contribution is 0.0724. The zero-order chi connectivity index (χ0) is 24.9.